The van der Waals surface area contributed by atoms with Crippen molar-refractivity contribution >= 4 is 35.2 Å². The number of aromatic hydroxyl groups is 1. The minimum Gasteiger partial charge on any atom is -0.508 e. The third-order valence-electron chi connectivity index (χ3n) is 6.46. The molecular formula is C31H44ClN3O5. The van der Waals surface area contributed by atoms with Crippen molar-refractivity contribution in [1.82, 2.24) is 10.2 Å². The van der Waals surface area contributed by atoms with Crippen molar-refractivity contribution < 1.29 is 24.2 Å². The van der Waals surface area contributed by atoms with Crippen molar-refractivity contribution in [3.05, 3.63) is 58.1 Å². The third kappa shape index (κ3) is 9.73. The van der Waals surface area contributed by atoms with Crippen LogP contribution in [-0.2, 0) is 14.3 Å². The van der Waals surface area contributed by atoms with Gasteiger partial charge in [-0.25, -0.2) is 4.79 Å². The van der Waals surface area contributed by atoms with Gasteiger partial charge in [-0.3, -0.25) is 9.59 Å². The largest absolute Gasteiger partial charge is 0.508 e. The van der Waals surface area contributed by atoms with Crippen LogP contribution in [0.4, 0.5) is 10.5 Å². The Balaban J connectivity index is 2.50. The number of benzene rings is 2. The summed E-state index contributed by atoms with van der Waals surface area (Å²) >= 11 is 6.42. The van der Waals surface area contributed by atoms with Crippen molar-refractivity contribution in [1.29, 1.82) is 0 Å². The SMILES string of the molecule is CCCCCCCN(C(=O)C(C)NC(=O)OC(C)(C)C)C(C(=O)Nc1c(C)cccc1Cl)c1ccc(O)c(C)c1. The number of anilines is 1. The van der Waals surface area contributed by atoms with E-state index in [1.165, 1.54) is 11.0 Å². The molecule has 40 heavy (non-hydrogen) atoms. The highest BCUT2D eigenvalue weighted by molar-refractivity contribution is 6.34. The van der Waals surface area contributed by atoms with E-state index in [2.05, 4.69) is 17.6 Å². The first kappa shape index (κ1) is 32.9. The van der Waals surface area contributed by atoms with E-state index < -0.39 is 35.6 Å². The van der Waals surface area contributed by atoms with Gasteiger partial charge in [0.2, 0.25) is 5.91 Å². The van der Waals surface area contributed by atoms with Gasteiger partial charge in [-0.2, -0.15) is 0 Å². The number of nitrogens with one attached hydrogen (secondary N) is 2. The summed E-state index contributed by atoms with van der Waals surface area (Å²) < 4.78 is 5.35. The number of phenolic OH excluding ortho intramolecular Hbond substituents is 1. The summed E-state index contributed by atoms with van der Waals surface area (Å²) in [6.07, 6.45) is 4.02. The predicted octanol–water partition coefficient (Wildman–Crippen LogP) is 7.05. The van der Waals surface area contributed by atoms with E-state index in [1.54, 1.807) is 58.9 Å². The predicted molar refractivity (Wildman–Crippen MR) is 160 cm³/mol. The van der Waals surface area contributed by atoms with E-state index in [9.17, 15) is 19.5 Å². The number of nitrogens with zero attached hydrogens (tertiary/aromatic N) is 1. The third-order valence-corrected chi connectivity index (χ3v) is 6.77. The summed E-state index contributed by atoms with van der Waals surface area (Å²) in [5.74, 6) is -0.793. The first-order valence-electron chi connectivity index (χ1n) is 13.9. The highest BCUT2D eigenvalue weighted by Gasteiger charge is 2.35. The topological polar surface area (TPSA) is 108 Å². The molecular weight excluding hydrogens is 530 g/mol. The molecule has 3 N–H and O–H groups in total. The lowest BCUT2D eigenvalue weighted by atomic mass is 9.99. The molecule has 9 heteroatoms. The molecule has 0 aliphatic heterocycles. The number of ether oxygens (including phenoxy) is 1. The number of halogens is 1. The maximum atomic E-state index is 14.0. The van der Waals surface area contributed by atoms with Crippen LogP contribution in [0.5, 0.6) is 5.75 Å². The fourth-order valence-electron chi connectivity index (χ4n) is 4.35. The van der Waals surface area contributed by atoms with Crippen molar-refractivity contribution in [2.75, 3.05) is 11.9 Å². The second kappa shape index (κ2) is 14.9. The van der Waals surface area contributed by atoms with Gasteiger partial charge in [0.05, 0.1) is 10.7 Å². The summed E-state index contributed by atoms with van der Waals surface area (Å²) in [6.45, 7) is 12.8. The van der Waals surface area contributed by atoms with Gasteiger partial charge in [-0.1, -0.05) is 62.4 Å². The Morgan fingerprint density at radius 1 is 1.02 bits per heavy atom. The highest BCUT2D eigenvalue weighted by Crippen LogP contribution is 2.31. The first-order chi connectivity index (χ1) is 18.7. The van der Waals surface area contributed by atoms with Gasteiger partial charge >= 0.3 is 6.09 Å². The van der Waals surface area contributed by atoms with Crippen LogP contribution in [0.25, 0.3) is 0 Å². The molecule has 0 bridgehead atoms. The normalized spacial score (nSPS) is 12.8. The maximum Gasteiger partial charge on any atom is 0.408 e. The molecule has 0 saturated heterocycles. The minimum atomic E-state index is -1.04. The van der Waals surface area contributed by atoms with Crippen LogP contribution in [-0.4, -0.2) is 46.1 Å². The van der Waals surface area contributed by atoms with E-state index in [-0.39, 0.29) is 5.75 Å². The molecule has 0 radical (unpaired) electrons. The van der Waals surface area contributed by atoms with Crippen LogP contribution in [0.1, 0.15) is 89.5 Å². The summed E-state index contributed by atoms with van der Waals surface area (Å²) in [5.41, 5.74) is 1.61. The molecule has 0 aromatic heterocycles. The molecule has 2 aromatic rings. The monoisotopic (exact) mass is 573 g/mol. The number of unbranched alkanes of at least 4 members (excludes halogenated alkanes) is 4. The Morgan fingerprint density at radius 2 is 1.70 bits per heavy atom. The molecule has 0 saturated carbocycles. The number of carbonyl (C=O) groups is 3. The average Bonchev–Trinajstić information content (AvgIpc) is 2.85. The van der Waals surface area contributed by atoms with Crippen LogP contribution in [0.3, 0.4) is 0 Å². The number of para-hydroxylation sites is 1. The van der Waals surface area contributed by atoms with Gasteiger partial charge in [0.15, 0.2) is 0 Å². The molecule has 0 fully saturated rings. The van der Waals surface area contributed by atoms with Crippen LogP contribution in [0, 0.1) is 13.8 Å². The summed E-state index contributed by atoms with van der Waals surface area (Å²) in [7, 11) is 0. The number of carbonyl (C=O) groups excluding carboxylic acids is 3. The Hall–Kier alpha value is -3.26. The van der Waals surface area contributed by atoms with E-state index in [0.29, 0.717) is 34.8 Å². The van der Waals surface area contributed by atoms with Crippen LogP contribution in [0.15, 0.2) is 36.4 Å². The zero-order valence-corrected chi connectivity index (χ0v) is 25.5. The lowest BCUT2D eigenvalue weighted by Gasteiger charge is -2.34. The second-order valence-corrected chi connectivity index (χ2v) is 11.6. The molecule has 2 unspecified atom stereocenters. The number of alkyl carbamates (subject to hydrolysis) is 1. The first-order valence-corrected chi connectivity index (χ1v) is 14.3. The quantitative estimate of drug-likeness (QED) is 0.236. The number of rotatable bonds is 12. The smallest absolute Gasteiger partial charge is 0.408 e. The highest BCUT2D eigenvalue weighted by atomic mass is 35.5. The van der Waals surface area contributed by atoms with Gasteiger partial charge in [-0.05, 0) is 82.9 Å². The van der Waals surface area contributed by atoms with Crippen molar-refractivity contribution in [2.45, 2.75) is 98.3 Å². The number of phenols is 1. The van der Waals surface area contributed by atoms with E-state index >= 15 is 0 Å². The second-order valence-electron chi connectivity index (χ2n) is 11.2. The Labute approximate surface area is 243 Å². The van der Waals surface area contributed by atoms with E-state index in [0.717, 1.165) is 31.2 Å². The fourth-order valence-corrected chi connectivity index (χ4v) is 4.62. The lowest BCUT2D eigenvalue weighted by molar-refractivity contribution is -0.140. The van der Waals surface area contributed by atoms with Gasteiger partial charge in [0.1, 0.15) is 23.4 Å². The van der Waals surface area contributed by atoms with E-state index in [1.807, 2.05) is 13.0 Å². The molecule has 2 aromatic carbocycles. The molecule has 0 spiro atoms. The fraction of sp³-hybridized carbons (Fsp3) is 0.516. The zero-order valence-electron chi connectivity index (χ0n) is 24.8. The Kier molecular flexibility index (Phi) is 12.3. The van der Waals surface area contributed by atoms with Crippen LogP contribution < -0.4 is 10.6 Å². The van der Waals surface area contributed by atoms with Gasteiger partial charge < -0.3 is 25.4 Å². The summed E-state index contributed by atoms with van der Waals surface area (Å²) in [6, 6.07) is 8.16. The lowest BCUT2D eigenvalue weighted by Crippen LogP contribution is -2.51. The molecule has 3 amide bonds. The molecule has 220 valence electrons. The van der Waals surface area contributed by atoms with Gasteiger partial charge in [-0.15, -0.1) is 0 Å². The number of amides is 3. The number of aryl methyl sites for hydroxylation is 2. The average molecular weight is 574 g/mol. The summed E-state index contributed by atoms with van der Waals surface area (Å²) in [4.78, 5) is 41.9. The molecule has 8 nitrogen and oxygen atoms in total. The van der Waals surface area contributed by atoms with Crippen LogP contribution >= 0.6 is 11.6 Å². The zero-order chi connectivity index (χ0) is 30.0. The molecule has 2 rings (SSSR count). The van der Waals surface area contributed by atoms with Crippen molar-refractivity contribution in [2.24, 2.45) is 0 Å². The van der Waals surface area contributed by atoms with E-state index in [4.69, 9.17) is 16.3 Å². The van der Waals surface area contributed by atoms with Crippen molar-refractivity contribution in [3.8, 4) is 5.75 Å². The standard InChI is InChI=1S/C31H44ClN3O5/c1-8-9-10-11-12-18-35(29(38)22(4)33-30(39)40-31(5,6)7)27(23-16-17-25(36)21(3)19-23)28(37)34-26-20(2)14-13-15-24(26)32/h13-17,19,22,27,36H,8-12,18H2,1-7H3,(H,33,39)(H,34,37). The molecule has 0 aliphatic rings. The van der Waals surface area contributed by atoms with Crippen molar-refractivity contribution in [3.63, 3.8) is 0 Å². The molecule has 2 atom stereocenters. The Morgan fingerprint density at radius 3 is 2.30 bits per heavy atom. The molecule has 0 aliphatic carbocycles. The Bertz CT molecular complexity index is 1160. The van der Waals surface area contributed by atoms with Gasteiger partial charge in [0, 0.05) is 6.54 Å². The number of hydrogen-bond acceptors (Lipinski definition) is 5. The minimum absolute atomic E-state index is 0.0854. The van der Waals surface area contributed by atoms with Crippen LogP contribution in [0.2, 0.25) is 5.02 Å². The maximum absolute atomic E-state index is 14.0. The molecule has 0 heterocycles. The summed E-state index contributed by atoms with van der Waals surface area (Å²) in [5, 5.41) is 16.1. The number of hydrogen-bond donors (Lipinski definition) is 3. The van der Waals surface area contributed by atoms with Gasteiger partial charge in [0.25, 0.3) is 5.91 Å².